The zero-order chi connectivity index (χ0) is 15.0. The molecule has 0 atom stereocenters. The van der Waals surface area contributed by atoms with E-state index < -0.39 is 0 Å². The molecular formula is C16H16N2OS2. The number of nitrogens with zero attached hydrogens (tertiary/aromatic N) is 1. The SMILES string of the molecule is CCc1cc2c(=O)n(-c3ccccc3CC)c(=S)[nH]c2s1. The molecule has 2 aromatic heterocycles. The molecule has 0 saturated carbocycles. The molecule has 3 aromatic rings. The predicted octanol–water partition coefficient (Wildman–Crippen LogP) is 4.23. The molecule has 0 unspecified atom stereocenters. The maximum Gasteiger partial charge on any atom is 0.267 e. The number of rotatable bonds is 3. The fraction of sp³-hybridized carbons (Fsp3) is 0.250. The Kier molecular flexibility index (Phi) is 3.78. The van der Waals surface area contributed by atoms with Gasteiger partial charge in [0, 0.05) is 4.88 Å². The summed E-state index contributed by atoms with van der Waals surface area (Å²) in [7, 11) is 0. The van der Waals surface area contributed by atoms with E-state index in [0.717, 1.165) is 34.3 Å². The van der Waals surface area contributed by atoms with Gasteiger partial charge in [-0.2, -0.15) is 0 Å². The number of aromatic amines is 1. The van der Waals surface area contributed by atoms with E-state index in [2.05, 4.69) is 18.8 Å². The molecule has 3 rings (SSSR count). The Morgan fingerprint density at radius 3 is 2.71 bits per heavy atom. The van der Waals surface area contributed by atoms with E-state index >= 15 is 0 Å². The minimum Gasteiger partial charge on any atom is -0.323 e. The quantitative estimate of drug-likeness (QED) is 0.734. The number of nitrogens with one attached hydrogen (secondary N) is 1. The van der Waals surface area contributed by atoms with Gasteiger partial charge < -0.3 is 4.98 Å². The summed E-state index contributed by atoms with van der Waals surface area (Å²) in [6.07, 6.45) is 1.78. The molecular weight excluding hydrogens is 300 g/mol. The van der Waals surface area contributed by atoms with Gasteiger partial charge in [0.2, 0.25) is 0 Å². The van der Waals surface area contributed by atoms with Crippen molar-refractivity contribution in [2.24, 2.45) is 0 Å². The van der Waals surface area contributed by atoms with Crippen molar-refractivity contribution >= 4 is 33.8 Å². The zero-order valence-corrected chi connectivity index (χ0v) is 13.6. The first kappa shape index (κ1) is 14.2. The van der Waals surface area contributed by atoms with Crippen LogP contribution < -0.4 is 5.56 Å². The Hall–Kier alpha value is -1.72. The number of hydrogen-bond donors (Lipinski definition) is 1. The molecule has 3 nitrogen and oxygen atoms in total. The van der Waals surface area contributed by atoms with Crippen molar-refractivity contribution in [2.45, 2.75) is 26.7 Å². The van der Waals surface area contributed by atoms with Gasteiger partial charge in [0.1, 0.15) is 4.83 Å². The number of H-pyrrole nitrogens is 1. The normalized spacial score (nSPS) is 11.1. The van der Waals surface area contributed by atoms with Gasteiger partial charge in [-0.05, 0) is 42.8 Å². The Labute approximate surface area is 131 Å². The van der Waals surface area contributed by atoms with Crippen LogP contribution in [0.15, 0.2) is 35.1 Å². The summed E-state index contributed by atoms with van der Waals surface area (Å²) in [6, 6.07) is 9.87. The van der Waals surface area contributed by atoms with Crippen molar-refractivity contribution in [3.05, 3.63) is 55.9 Å². The van der Waals surface area contributed by atoms with Crippen LogP contribution in [0.5, 0.6) is 0 Å². The summed E-state index contributed by atoms with van der Waals surface area (Å²) < 4.78 is 2.07. The molecule has 0 aliphatic heterocycles. The molecule has 0 spiro atoms. The fourth-order valence-electron chi connectivity index (χ4n) is 2.48. The molecule has 0 aliphatic carbocycles. The Bertz CT molecular complexity index is 918. The van der Waals surface area contributed by atoms with Crippen molar-refractivity contribution in [3.63, 3.8) is 0 Å². The third-order valence-corrected chi connectivity index (χ3v) is 5.08. The third kappa shape index (κ3) is 2.36. The molecule has 21 heavy (non-hydrogen) atoms. The number of aryl methyl sites for hydroxylation is 2. The highest BCUT2D eigenvalue weighted by Gasteiger charge is 2.12. The molecule has 5 heteroatoms. The summed E-state index contributed by atoms with van der Waals surface area (Å²) >= 11 is 7.02. The number of benzene rings is 1. The maximum absolute atomic E-state index is 12.8. The third-order valence-electron chi connectivity index (χ3n) is 3.60. The van der Waals surface area contributed by atoms with Gasteiger partial charge in [-0.1, -0.05) is 32.0 Å². The topological polar surface area (TPSA) is 37.8 Å². The van der Waals surface area contributed by atoms with E-state index in [9.17, 15) is 4.79 Å². The molecule has 0 fully saturated rings. The van der Waals surface area contributed by atoms with Crippen molar-refractivity contribution in [1.29, 1.82) is 0 Å². The first-order chi connectivity index (χ1) is 10.2. The van der Waals surface area contributed by atoms with Crippen LogP contribution in [0.25, 0.3) is 15.9 Å². The highest BCUT2D eigenvalue weighted by atomic mass is 32.1. The van der Waals surface area contributed by atoms with Gasteiger partial charge in [-0.25, -0.2) is 0 Å². The van der Waals surface area contributed by atoms with Crippen LogP contribution in [-0.2, 0) is 12.8 Å². The second kappa shape index (κ2) is 5.58. The van der Waals surface area contributed by atoms with Gasteiger partial charge in [-0.3, -0.25) is 9.36 Å². The van der Waals surface area contributed by atoms with Crippen LogP contribution in [0.4, 0.5) is 0 Å². The molecule has 108 valence electrons. The van der Waals surface area contributed by atoms with Gasteiger partial charge >= 0.3 is 0 Å². The molecule has 0 bridgehead atoms. The summed E-state index contributed by atoms with van der Waals surface area (Å²) in [6.45, 7) is 4.17. The Morgan fingerprint density at radius 1 is 1.24 bits per heavy atom. The smallest absolute Gasteiger partial charge is 0.267 e. The number of thiophene rings is 1. The summed E-state index contributed by atoms with van der Waals surface area (Å²) in [4.78, 5) is 18.1. The molecule has 1 N–H and O–H groups in total. The predicted molar refractivity (Wildman–Crippen MR) is 91.4 cm³/mol. The summed E-state index contributed by atoms with van der Waals surface area (Å²) in [5.41, 5.74) is 1.95. The van der Waals surface area contributed by atoms with E-state index in [0.29, 0.717) is 4.77 Å². The standard InChI is InChI=1S/C16H16N2OS2/c1-3-10-7-5-6-8-13(10)18-15(19)12-9-11(4-2)21-14(12)17-16(18)20/h5-9H,3-4H2,1-2H3,(H,17,20). The molecule has 0 amide bonds. The van der Waals surface area contributed by atoms with E-state index in [1.807, 2.05) is 30.3 Å². The fourth-order valence-corrected chi connectivity index (χ4v) is 3.82. The highest BCUT2D eigenvalue weighted by Crippen LogP contribution is 2.23. The Morgan fingerprint density at radius 2 is 2.00 bits per heavy atom. The van der Waals surface area contributed by atoms with E-state index in [4.69, 9.17) is 12.2 Å². The minimum absolute atomic E-state index is 0.0365. The number of para-hydroxylation sites is 1. The van der Waals surface area contributed by atoms with Crippen LogP contribution in [0.1, 0.15) is 24.3 Å². The van der Waals surface area contributed by atoms with E-state index in [1.54, 1.807) is 15.9 Å². The van der Waals surface area contributed by atoms with Crippen molar-refractivity contribution in [1.82, 2.24) is 9.55 Å². The van der Waals surface area contributed by atoms with Crippen LogP contribution in [0.2, 0.25) is 0 Å². The Balaban J connectivity index is 2.38. The second-order valence-corrected chi connectivity index (χ2v) is 6.39. The van der Waals surface area contributed by atoms with Crippen LogP contribution >= 0.6 is 23.6 Å². The summed E-state index contributed by atoms with van der Waals surface area (Å²) in [5.74, 6) is 0. The lowest BCUT2D eigenvalue weighted by Crippen LogP contribution is -2.20. The molecule has 0 aliphatic rings. The first-order valence-electron chi connectivity index (χ1n) is 7.01. The lowest BCUT2D eigenvalue weighted by atomic mass is 10.1. The maximum atomic E-state index is 12.8. The number of hydrogen-bond acceptors (Lipinski definition) is 3. The van der Waals surface area contributed by atoms with E-state index in [-0.39, 0.29) is 5.56 Å². The number of fused-ring (bicyclic) bond motifs is 1. The molecule has 2 heterocycles. The molecule has 0 saturated heterocycles. The van der Waals surface area contributed by atoms with E-state index in [1.165, 1.54) is 4.88 Å². The monoisotopic (exact) mass is 316 g/mol. The van der Waals surface area contributed by atoms with Crippen molar-refractivity contribution in [2.75, 3.05) is 0 Å². The molecule has 0 radical (unpaired) electrons. The summed E-state index contributed by atoms with van der Waals surface area (Å²) in [5, 5.41) is 0.719. The average Bonchev–Trinajstić information content (AvgIpc) is 2.91. The van der Waals surface area contributed by atoms with Crippen molar-refractivity contribution < 1.29 is 0 Å². The van der Waals surface area contributed by atoms with Gasteiger partial charge in [0.15, 0.2) is 4.77 Å². The minimum atomic E-state index is -0.0365. The van der Waals surface area contributed by atoms with Gasteiger partial charge in [0.25, 0.3) is 5.56 Å². The highest BCUT2D eigenvalue weighted by molar-refractivity contribution is 7.71. The average molecular weight is 316 g/mol. The van der Waals surface area contributed by atoms with Crippen LogP contribution in [0.3, 0.4) is 0 Å². The van der Waals surface area contributed by atoms with Crippen LogP contribution in [0, 0.1) is 4.77 Å². The van der Waals surface area contributed by atoms with Gasteiger partial charge in [-0.15, -0.1) is 11.3 Å². The number of aromatic nitrogens is 2. The van der Waals surface area contributed by atoms with Gasteiger partial charge in [0.05, 0.1) is 11.1 Å². The lowest BCUT2D eigenvalue weighted by molar-refractivity contribution is 0.919. The molecule has 1 aromatic carbocycles. The second-order valence-electron chi connectivity index (χ2n) is 4.86. The van der Waals surface area contributed by atoms with Crippen LogP contribution in [-0.4, -0.2) is 9.55 Å². The largest absolute Gasteiger partial charge is 0.323 e. The zero-order valence-electron chi connectivity index (χ0n) is 12.0. The lowest BCUT2D eigenvalue weighted by Gasteiger charge is -2.10. The first-order valence-corrected chi connectivity index (χ1v) is 8.24. The van der Waals surface area contributed by atoms with Crippen molar-refractivity contribution in [3.8, 4) is 5.69 Å².